The van der Waals surface area contributed by atoms with Crippen LogP contribution in [0.25, 0.3) is 0 Å². The van der Waals surface area contributed by atoms with Crippen molar-refractivity contribution in [3.05, 3.63) is 46.8 Å². The lowest BCUT2D eigenvalue weighted by atomic mass is 10.1. The molecule has 0 fully saturated rings. The van der Waals surface area contributed by atoms with E-state index in [1.165, 1.54) is 11.3 Å². The topological polar surface area (TPSA) is 78.4 Å². The quantitative estimate of drug-likeness (QED) is 0.780. The summed E-state index contributed by atoms with van der Waals surface area (Å²) < 4.78 is 0. The first-order valence-corrected chi connectivity index (χ1v) is 7.46. The molecule has 0 aliphatic heterocycles. The highest BCUT2D eigenvalue weighted by Gasteiger charge is 2.19. The summed E-state index contributed by atoms with van der Waals surface area (Å²) in [6, 6.07) is 8.53. The molecular formula is C15H16N2O3S. The van der Waals surface area contributed by atoms with Gasteiger partial charge in [-0.3, -0.25) is 5.32 Å². The van der Waals surface area contributed by atoms with Crippen LogP contribution in [0.2, 0.25) is 0 Å². The second-order valence-electron chi connectivity index (χ2n) is 4.47. The zero-order valence-corrected chi connectivity index (χ0v) is 12.4. The number of carboxylic acid groups (broad SMARTS) is 1. The molecule has 0 unspecified atom stereocenters. The van der Waals surface area contributed by atoms with Crippen molar-refractivity contribution >= 4 is 34.0 Å². The Labute approximate surface area is 126 Å². The summed E-state index contributed by atoms with van der Waals surface area (Å²) in [5.74, 6) is -1.02. The van der Waals surface area contributed by atoms with Crippen LogP contribution in [-0.2, 0) is 6.42 Å². The predicted molar refractivity (Wildman–Crippen MR) is 84.4 cm³/mol. The van der Waals surface area contributed by atoms with Crippen LogP contribution in [0.5, 0.6) is 0 Å². The summed E-state index contributed by atoms with van der Waals surface area (Å²) in [7, 11) is 0. The normalized spacial score (nSPS) is 10.1. The molecule has 0 aliphatic rings. The molecule has 0 bridgehead atoms. The first-order valence-electron chi connectivity index (χ1n) is 6.58. The number of amides is 2. The summed E-state index contributed by atoms with van der Waals surface area (Å²) in [6.45, 7) is 1.98. The molecule has 21 heavy (non-hydrogen) atoms. The van der Waals surface area contributed by atoms with Gasteiger partial charge in [0.05, 0.1) is 5.56 Å². The SMILES string of the molecule is CCCc1csc(NC(=O)Nc2ccccc2)c1C(=O)O. The lowest BCUT2D eigenvalue weighted by Gasteiger charge is -2.07. The number of benzene rings is 1. The molecule has 0 aliphatic carbocycles. The summed E-state index contributed by atoms with van der Waals surface area (Å²) >= 11 is 1.23. The molecule has 3 N–H and O–H groups in total. The fourth-order valence-electron chi connectivity index (χ4n) is 1.96. The molecule has 5 nitrogen and oxygen atoms in total. The third kappa shape index (κ3) is 3.82. The Morgan fingerprint density at radius 3 is 2.52 bits per heavy atom. The lowest BCUT2D eigenvalue weighted by molar-refractivity contribution is 0.0697. The molecule has 1 heterocycles. The van der Waals surface area contributed by atoms with Gasteiger partial charge in [0, 0.05) is 5.69 Å². The third-order valence-electron chi connectivity index (χ3n) is 2.86. The highest BCUT2D eigenvalue weighted by Crippen LogP contribution is 2.29. The van der Waals surface area contributed by atoms with Gasteiger partial charge < -0.3 is 10.4 Å². The van der Waals surface area contributed by atoms with Crippen molar-refractivity contribution < 1.29 is 14.7 Å². The van der Waals surface area contributed by atoms with Crippen LogP contribution >= 0.6 is 11.3 Å². The maximum absolute atomic E-state index is 11.9. The molecule has 110 valence electrons. The zero-order valence-electron chi connectivity index (χ0n) is 11.6. The predicted octanol–water partition coefficient (Wildman–Crippen LogP) is 4.04. The second kappa shape index (κ2) is 6.90. The third-order valence-corrected chi connectivity index (χ3v) is 3.80. The molecule has 1 aromatic carbocycles. The Kier molecular flexibility index (Phi) is 4.94. The minimum atomic E-state index is -1.02. The summed E-state index contributed by atoms with van der Waals surface area (Å²) in [5.41, 5.74) is 1.59. The molecule has 2 rings (SSSR count). The number of rotatable bonds is 5. The average molecular weight is 304 g/mol. The molecule has 0 spiro atoms. The first kappa shape index (κ1) is 15.1. The van der Waals surface area contributed by atoms with Gasteiger partial charge in [-0.25, -0.2) is 9.59 Å². The second-order valence-corrected chi connectivity index (χ2v) is 5.35. The molecule has 1 aromatic heterocycles. The smallest absolute Gasteiger partial charge is 0.338 e. The van der Waals surface area contributed by atoms with Gasteiger partial charge in [-0.1, -0.05) is 31.5 Å². The van der Waals surface area contributed by atoms with E-state index in [-0.39, 0.29) is 5.56 Å². The number of urea groups is 1. The van der Waals surface area contributed by atoms with E-state index in [9.17, 15) is 14.7 Å². The van der Waals surface area contributed by atoms with Crippen molar-refractivity contribution in [2.75, 3.05) is 10.6 Å². The van der Waals surface area contributed by atoms with E-state index >= 15 is 0 Å². The molecule has 0 saturated heterocycles. The number of anilines is 2. The summed E-state index contributed by atoms with van der Waals surface area (Å²) in [6.07, 6.45) is 1.53. The number of carbonyl (C=O) groups excluding carboxylic acids is 1. The van der Waals surface area contributed by atoms with Crippen LogP contribution < -0.4 is 10.6 Å². The summed E-state index contributed by atoms with van der Waals surface area (Å²) in [4.78, 5) is 23.3. The molecule has 6 heteroatoms. The van der Waals surface area contributed by atoms with E-state index in [0.717, 1.165) is 12.0 Å². The minimum Gasteiger partial charge on any atom is -0.478 e. The van der Waals surface area contributed by atoms with Crippen LogP contribution in [-0.4, -0.2) is 17.1 Å². The Morgan fingerprint density at radius 1 is 1.19 bits per heavy atom. The van der Waals surface area contributed by atoms with Crippen molar-refractivity contribution in [3.63, 3.8) is 0 Å². The monoisotopic (exact) mass is 304 g/mol. The van der Waals surface area contributed by atoms with Gasteiger partial charge in [-0.15, -0.1) is 11.3 Å². The Balaban J connectivity index is 2.12. The number of aromatic carboxylic acids is 1. The number of carbonyl (C=O) groups is 2. The van der Waals surface area contributed by atoms with Gasteiger partial charge in [-0.05, 0) is 29.5 Å². The van der Waals surface area contributed by atoms with Crippen LogP contribution in [0, 0.1) is 0 Å². The molecule has 0 radical (unpaired) electrons. The first-order chi connectivity index (χ1) is 10.1. The number of nitrogens with one attached hydrogen (secondary N) is 2. The van der Waals surface area contributed by atoms with E-state index in [2.05, 4.69) is 10.6 Å². The van der Waals surface area contributed by atoms with Crippen LogP contribution in [0.4, 0.5) is 15.5 Å². The number of hydrogen-bond acceptors (Lipinski definition) is 3. The number of hydrogen-bond donors (Lipinski definition) is 3. The van der Waals surface area contributed by atoms with Crippen molar-refractivity contribution in [1.82, 2.24) is 0 Å². The highest BCUT2D eigenvalue weighted by molar-refractivity contribution is 7.15. The van der Waals surface area contributed by atoms with Gasteiger partial charge in [-0.2, -0.15) is 0 Å². The number of para-hydroxylation sites is 1. The van der Waals surface area contributed by atoms with Crippen LogP contribution in [0.3, 0.4) is 0 Å². The Morgan fingerprint density at radius 2 is 1.90 bits per heavy atom. The van der Waals surface area contributed by atoms with E-state index < -0.39 is 12.0 Å². The van der Waals surface area contributed by atoms with Gasteiger partial charge >= 0.3 is 12.0 Å². The van der Waals surface area contributed by atoms with Gasteiger partial charge in [0.1, 0.15) is 5.00 Å². The van der Waals surface area contributed by atoms with E-state index in [4.69, 9.17) is 0 Å². The van der Waals surface area contributed by atoms with Crippen molar-refractivity contribution in [1.29, 1.82) is 0 Å². The van der Waals surface area contributed by atoms with Crippen molar-refractivity contribution in [3.8, 4) is 0 Å². The van der Waals surface area contributed by atoms with Crippen molar-refractivity contribution in [2.45, 2.75) is 19.8 Å². The Hall–Kier alpha value is -2.34. The molecule has 2 aromatic rings. The number of carboxylic acids is 1. The van der Waals surface area contributed by atoms with E-state index in [1.807, 2.05) is 25.1 Å². The van der Waals surface area contributed by atoms with E-state index in [0.29, 0.717) is 17.1 Å². The van der Waals surface area contributed by atoms with Crippen LogP contribution in [0.1, 0.15) is 29.3 Å². The van der Waals surface area contributed by atoms with Crippen molar-refractivity contribution in [2.24, 2.45) is 0 Å². The Bertz CT molecular complexity index is 638. The maximum Gasteiger partial charge on any atom is 0.338 e. The zero-order chi connectivity index (χ0) is 15.2. The van der Waals surface area contributed by atoms with Gasteiger partial charge in [0.25, 0.3) is 0 Å². The summed E-state index contributed by atoms with van der Waals surface area (Å²) in [5, 5.41) is 16.7. The fraction of sp³-hybridized carbons (Fsp3) is 0.200. The number of aryl methyl sites for hydroxylation is 1. The fourth-order valence-corrected chi connectivity index (χ4v) is 2.94. The molecule has 0 atom stereocenters. The largest absolute Gasteiger partial charge is 0.478 e. The highest BCUT2D eigenvalue weighted by atomic mass is 32.1. The minimum absolute atomic E-state index is 0.185. The molecule has 0 saturated carbocycles. The van der Waals surface area contributed by atoms with Crippen LogP contribution in [0.15, 0.2) is 35.7 Å². The lowest BCUT2D eigenvalue weighted by Crippen LogP contribution is -2.20. The number of thiophene rings is 1. The average Bonchev–Trinajstić information content (AvgIpc) is 2.83. The molecular weight excluding hydrogens is 288 g/mol. The molecule has 2 amide bonds. The van der Waals surface area contributed by atoms with Gasteiger partial charge in [0.15, 0.2) is 0 Å². The maximum atomic E-state index is 11.9. The van der Waals surface area contributed by atoms with E-state index in [1.54, 1.807) is 17.5 Å². The van der Waals surface area contributed by atoms with Gasteiger partial charge in [0.2, 0.25) is 0 Å². The standard InChI is InChI=1S/C15H16N2O3S/c1-2-6-10-9-21-13(12(10)14(18)19)17-15(20)16-11-7-4-3-5-8-11/h3-5,7-9H,2,6H2,1H3,(H,18,19)(H2,16,17,20).